The molecule has 3 rings (SSSR count). The number of carbonyl (C=O) groups excluding carboxylic acids is 1. The third-order valence-corrected chi connectivity index (χ3v) is 3.24. The van der Waals surface area contributed by atoms with Crippen molar-refractivity contribution in [2.45, 2.75) is 19.6 Å². The van der Waals surface area contributed by atoms with E-state index in [4.69, 9.17) is 4.74 Å². The molecule has 1 atom stereocenters. The van der Waals surface area contributed by atoms with Crippen molar-refractivity contribution >= 4 is 22.2 Å². The highest BCUT2D eigenvalue weighted by molar-refractivity contribution is 5.98. The summed E-state index contributed by atoms with van der Waals surface area (Å²) >= 11 is 0. The van der Waals surface area contributed by atoms with Gasteiger partial charge in [-0.3, -0.25) is 4.79 Å². The minimum Gasteiger partial charge on any atom is -0.462 e. The van der Waals surface area contributed by atoms with Crippen molar-refractivity contribution in [2.75, 3.05) is 0 Å². The Bertz CT molecular complexity index is 749. The number of carbonyl (C=O) groups is 1. The van der Waals surface area contributed by atoms with Crippen LogP contribution in [0.15, 0.2) is 64.5 Å². The first-order valence-electron chi connectivity index (χ1n) is 6.40. The summed E-state index contributed by atoms with van der Waals surface area (Å²) < 4.78 is 5.42. The van der Waals surface area contributed by atoms with E-state index in [1.165, 1.54) is 6.08 Å². The molecule has 1 aliphatic heterocycles. The van der Waals surface area contributed by atoms with Crippen LogP contribution in [0.3, 0.4) is 0 Å². The molecule has 0 fully saturated rings. The van der Waals surface area contributed by atoms with Crippen molar-refractivity contribution < 1.29 is 9.53 Å². The van der Waals surface area contributed by atoms with Crippen LogP contribution in [0.25, 0.3) is 10.8 Å². The molecular formula is C16H14N2O2. The number of ether oxygens (including phenoxy) is 1. The van der Waals surface area contributed by atoms with Crippen molar-refractivity contribution in [1.82, 2.24) is 0 Å². The summed E-state index contributed by atoms with van der Waals surface area (Å²) in [6.07, 6.45) is 1.44. The zero-order chi connectivity index (χ0) is 14.2. The Morgan fingerprint density at radius 2 is 1.85 bits per heavy atom. The first-order chi connectivity index (χ1) is 9.57. The van der Waals surface area contributed by atoms with E-state index in [0.717, 1.165) is 10.8 Å². The van der Waals surface area contributed by atoms with Gasteiger partial charge in [-0.2, -0.15) is 5.11 Å². The molecule has 1 aliphatic rings. The van der Waals surface area contributed by atoms with Gasteiger partial charge in [-0.15, -0.1) is 5.11 Å². The molecule has 0 saturated heterocycles. The van der Waals surface area contributed by atoms with Gasteiger partial charge in [-0.1, -0.05) is 30.3 Å². The van der Waals surface area contributed by atoms with Gasteiger partial charge in [0.1, 0.15) is 5.76 Å². The Hall–Kier alpha value is -2.49. The zero-order valence-corrected chi connectivity index (χ0v) is 11.3. The quantitative estimate of drug-likeness (QED) is 0.767. The van der Waals surface area contributed by atoms with E-state index in [0.29, 0.717) is 11.4 Å². The van der Waals surface area contributed by atoms with Gasteiger partial charge in [0.25, 0.3) is 5.72 Å². The molecule has 0 spiro atoms. The smallest absolute Gasteiger partial charge is 0.278 e. The van der Waals surface area contributed by atoms with Crippen LogP contribution in [-0.4, -0.2) is 11.5 Å². The number of allylic oxidation sites excluding steroid dienone is 1. The minimum absolute atomic E-state index is 0.181. The van der Waals surface area contributed by atoms with Gasteiger partial charge in [-0.05, 0) is 29.8 Å². The van der Waals surface area contributed by atoms with Crippen LogP contribution in [0, 0.1) is 0 Å². The van der Waals surface area contributed by atoms with Gasteiger partial charge in [-0.25, -0.2) is 0 Å². The second-order valence-electron chi connectivity index (χ2n) is 4.94. The molecule has 0 N–H and O–H groups in total. The maximum absolute atomic E-state index is 11.8. The lowest BCUT2D eigenvalue weighted by Gasteiger charge is -2.16. The molecule has 1 unspecified atom stereocenters. The van der Waals surface area contributed by atoms with Crippen LogP contribution >= 0.6 is 0 Å². The van der Waals surface area contributed by atoms with E-state index in [9.17, 15) is 4.79 Å². The average Bonchev–Trinajstić information content (AvgIpc) is 2.70. The molecule has 2 aromatic rings. The summed E-state index contributed by atoms with van der Waals surface area (Å²) in [5.74, 6) is 0.384. The van der Waals surface area contributed by atoms with Gasteiger partial charge in [0.15, 0.2) is 0 Å². The van der Waals surface area contributed by atoms with Crippen LogP contribution in [0.4, 0.5) is 5.69 Å². The van der Waals surface area contributed by atoms with Gasteiger partial charge in [0, 0.05) is 13.0 Å². The first-order valence-corrected chi connectivity index (χ1v) is 6.40. The molecular weight excluding hydrogens is 252 g/mol. The zero-order valence-electron chi connectivity index (χ0n) is 11.3. The van der Waals surface area contributed by atoms with Crippen LogP contribution < -0.4 is 0 Å². The molecule has 4 heteroatoms. The van der Waals surface area contributed by atoms with Crippen LogP contribution in [0.2, 0.25) is 0 Å². The summed E-state index contributed by atoms with van der Waals surface area (Å²) in [5.41, 5.74) is -0.527. The number of azo groups is 1. The third kappa shape index (κ3) is 2.20. The Balaban J connectivity index is 1.90. The highest BCUT2D eigenvalue weighted by Gasteiger charge is 2.39. The monoisotopic (exact) mass is 266 g/mol. The summed E-state index contributed by atoms with van der Waals surface area (Å²) in [6.45, 7) is 3.35. The molecule has 2 aromatic carbocycles. The van der Waals surface area contributed by atoms with Crippen molar-refractivity contribution in [3.8, 4) is 0 Å². The lowest BCUT2D eigenvalue weighted by Crippen LogP contribution is -2.29. The van der Waals surface area contributed by atoms with Crippen molar-refractivity contribution in [3.63, 3.8) is 0 Å². The number of nitrogens with zero attached hydrogens (tertiary/aromatic N) is 2. The van der Waals surface area contributed by atoms with E-state index in [2.05, 4.69) is 10.2 Å². The van der Waals surface area contributed by atoms with Gasteiger partial charge < -0.3 is 4.74 Å². The maximum atomic E-state index is 11.8. The largest absolute Gasteiger partial charge is 0.462 e. The highest BCUT2D eigenvalue weighted by atomic mass is 16.5. The molecule has 0 radical (unpaired) electrons. The van der Waals surface area contributed by atoms with Crippen molar-refractivity contribution in [2.24, 2.45) is 10.2 Å². The number of ketones is 1. The molecule has 0 aromatic heterocycles. The lowest BCUT2D eigenvalue weighted by molar-refractivity contribution is -0.128. The van der Waals surface area contributed by atoms with E-state index < -0.39 is 5.72 Å². The number of fused-ring (bicyclic) bond motifs is 1. The second-order valence-corrected chi connectivity index (χ2v) is 4.94. The fraction of sp³-hybridized carbons (Fsp3) is 0.188. The lowest BCUT2D eigenvalue weighted by atomic mass is 10.1. The fourth-order valence-corrected chi connectivity index (χ4v) is 2.17. The first kappa shape index (κ1) is 12.5. The second kappa shape index (κ2) is 4.56. The van der Waals surface area contributed by atoms with Gasteiger partial charge in [0.2, 0.25) is 5.78 Å². The molecule has 100 valence electrons. The minimum atomic E-state index is -1.23. The standard InChI is InChI=1S/C16H14N2O2/c1-11-9-15(19)16(2,20-11)18-17-14-8-7-12-5-3-4-6-13(12)10-14/h3-10H,1-2H3. The number of rotatable bonds is 2. The molecule has 0 bridgehead atoms. The molecule has 4 nitrogen and oxygen atoms in total. The molecule has 0 aliphatic carbocycles. The topological polar surface area (TPSA) is 51.0 Å². The molecule has 0 amide bonds. The summed E-state index contributed by atoms with van der Waals surface area (Å²) in [6, 6.07) is 13.8. The highest BCUT2D eigenvalue weighted by Crippen LogP contribution is 2.28. The summed E-state index contributed by atoms with van der Waals surface area (Å²) in [4.78, 5) is 11.8. The average molecular weight is 266 g/mol. The number of hydrogen-bond acceptors (Lipinski definition) is 4. The van der Waals surface area contributed by atoms with E-state index >= 15 is 0 Å². The number of hydrogen-bond donors (Lipinski definition) is 0. The summed E-state index contributed by atoms with van der Waals surface area (Å²) in [7, 11) is 0. The predicted molar refractivity (Wildman–Crippen MR) is 76.7 cm³/mol. The van der Waals surface area contributed by atoms with E-state index in [1.807, 2.05) is 42.5 Å². The Labute approximate surface area is 116 Å². The fourth-order valence-electron chi connectivity index (χ4n) is 2.17. The van der Waals surface area contributed by atoms with Crippen molar-refractivity contribution in [1.29, 1.82) is 0 Å². The maximum Gasteiger partial charge on any atom is 0.278 e. The molecule has 1 heterocycles. The van der Waals surface area contributed by atoms with Gasteiger partial charge in [0.05, 0.1) is 5.69 Å². The van der Waals surface area contributed by atoms with Crippen LogP contribution in [0.1, 0.15) is 13.8 Å². The Morgan fingerprint density at radius 1 is 1.10 bits per heavy atom. The van der Waals surface area contributed by atoms with Gasteiger partial charge >= 0.3 is 0 Å². The van der Waals surface area contributed by atoms with E-state index in [1.54, 1.807) is 13.8 Å². The Morgan fingerprint density at radius 3 is 2.55 bits per heavy atom. The predicted octanol–water partition coefficient (Wildman–Crippen LogP) is 4.14. The Kier molecular flexibility index (Phi) is 2.86. The molecule has 20 heavy (non-hydrogen) atoms. The van der Waals surface area contributed by atoms with Crippen LogP contribution in [0.5, 0.6) is 0 Å². The SMILES string of the molecule is CC1=CC(=O)C(C)(N=Nc2ccc3ccccc3c2)O1. The third-order valence-electron chi connectivity index (χ3n) is 3.24. The van der Waals surface area contributed by atoms with E-state index in [-0.39, 0.29) is 5.78 Å². The normalized spacial score (nSPS) is 22.3. The number of benzene rings is 2. The molecule has 0 saturated carbocycles. The summed E-state index contributed by atoms with van der Waals surface area (Å²) in [5, 5.41) is 10.4. The van der Waals surface area contributed by atoms with Crippen LogP contribution in [-0.2, 0) is 9.53 Å². The van der Waals surface area contributed by atoms with Crippen molar-refractivity contribution in [3.05, 3.63) is 54.3 Å².